The number of amides is 1. The molecule has 1 fully saturated rings. The fourth-order valence-corrected chi connectivity index (χ4v) is 4.73. The summed E-state index contributed by atoms with van der Waals surface area (Å²) in [4.78, 5) is 26.2. The van der Waals surface area contributed by atoms with Gasteiger partial charge in [-0.1, -0.05) is 49.2 Å². The Morgan fingerprint density at radius 3 is 2.61 bits per heavy atom. The molecule has 1 aromatic carbocycles. The first-order valence-corrected chi connectivity index (χ1v) is 10.5. The zero-order chi connectivity index (χ0) is 19.3. The van der Waals surface area contributed by atoms with Gasteiger partial charge in [0.05, 0.1) is 11.7 Å². The van der Waals surface area contributed by atoms with Crippen molar-refractivity contribution in [3.63, 3.8) is 0 Å². The van der Waals surface area contributed by atoms with Gasteiger partial charge in [-0.05, 0) is 36.3 Å². The van der Waals surface area contributed by atoms with E-state index in [4.69, 9.17) is 0 Å². The molecular weight excluding hydrogens is 370 g/mol. The number of hydrogen-bond donors (Lipinski definition) is 1. The van der Waals surface area contributed by atoms with E-state index in [2.05, 4.69) is 16.5 Å². The van der Waals surface area contributed by atoms with Crippen molar-refractivity contribution in [3.05, 3.63) is 75.2 Å². The van der Waals surface area contributed by atoms with Gasteiger partial charge in [0, 0.05) is 16.5 Å². The maximum atomic E-state index is 12.8. The van der Waals surface area contributed by atoms with Gasteiger partial charge in [-0.2, -0.15) is 5.10 Å². The molecule has 6 heteroatoms. The molecule has 1 atom stereocenters. The van der Waals surface area contributed by atoms with Gasteiger partial charge in [0.2, 0.25) is 5.91 Å². The highest BCUT2D eigenvalue weighted by Gasteiger charge is 2.28. The molecule has 2 heterocycles. The minimum Gasteiger partial charge on any atom is -0.347 e. The van der Waals surface area contributed by atoms with Crippen molar-refractivity contribution in [1.82, 2.24) is 15.1 Å². The average Bonchev–Trinajstić information content (AvgIpc) is 3.43. The Morgan fingerprint density at radius 1 is 1.11 bits per heavy atom. The minimum atomic E-state index is -0.275. The van der Waals surface area contributed by atoms with Crippen molar-refractivity contribution in [1.29, 1.82) is 0 Å². The minimum absolute atomic E-state index is 0.0167. The standard InChI is InChI=1S/C22H23N3O2S/c26-20(23-22(17-9-4-5-10-17)19-11-6-14-28-19)15-25-21(27)13-12-18(24-25)16-7-2-1-3-8-16/h1-3,6-8,11-14,17,22H,4-5,9-10,15H2,(H,23,26). The number of carbonyl (C=O) groups is 1. The second-order valence-electron chi connectivity index (χ2n) is 7.19. The van der Waals surface area contributed by atoms with Crippen molar-refractivity contribution in [2.75, 3.05) is 0 Å². The molecule has 0 radical (unpaired) electrons. The normalized spacial score (nSPS) is 15.4. The first kappa shape index (κ1) is 18.6. The average molecular weight is 394 g/mol. The smallest absolute Gasteiger partial charge is 0.267 e. The number of nitrogens with zero attached hydrogens (tertiary/aromatic N) is 2. The summed E-state index contributed by atoms with van der Waals surface area (Å²) in [5.41, 5.74) is 1.32. The summed E-state index contributed by atoms with van der Waals surface area (Å²) < 4.78 is 1.25. The number of aromatic nitrogens is 2. The molecule has 4 rings (SSSR count). The number of rotatable bonds is 6. The summed E-state index contributed by atoms with van der Waals surface area (Å²) in [7, 11) is 0. The molecule has 1 aliphatic carbocycles. The van der Waals surface area contributed by atoms with Crippen LogP contribution < -0.4 is 10.9 Å². The first-order chi connectivity index (χ1) is 13.7. The van der Waals surface area contributed by atoms with Gasteiger partial charge in [-0.3, -0.25) is 9.59 Å². The topological polar surface area (TPSA) is 64.0 Å². The van der Waals surface area contributed by atoms with Crippen molar-refractivity contribution < 1.29 is 4.79 Å². The van der Waals surface area contributed by atoms with Crippen LogP contribution in [0.4, 0.5) is 0 Å². The third kappa shape index (κ3) is 4.22. The predicted octanol–water partition coefficient (Wildman–Crippen LogP) is 4.02. The van der Waals surface area contributed by atoms with Gasteiger partial charge in [0.25, 0.3) is 5.56 Å². The lowest BCUT2D eigenvalue weighted by atomic mass is 9.96. The molecule has 0 bridgehead atoms. The van der Waals surface area contributed by atoms with Crippen molar-refractivity contribution >= 4 is 17.2 Å². The van der Waals surface area contributed by atoms with Gasteiger partial charge in [0.15, 0.2) is 0 Å². The van der Waals surface area contributed by atoms with Crippen LogP contribution >= 0.6 is 11.3 Å². The molecule has 5 nitrogen and oxygen atoms in total. The Kier molecular flexibility index (Phi) is 5.67. The molecule has 0 saturated heterocycles. The summed E-state index contributed by atoms with van der Waals surface area (Å²) in [6.45, 7) is -0.0753. The van der Waals surface area contributed by atoms with E-state index in [-0.39, 0.29) is 24.1 Å². The summed E-state index contributed by atoms with van der Waals surface area (Å²) in [6.07, 6.45) is 4.68. The van der Waals surface area contributed by atoms with E-state index >= 15 is 0 Å². The molecular formula is C22H23N3O2S. The molecule has 1 aliphatic rings. The van der Waals surface area contributed by atoms with E-state index in [0.717, 1.165) is 18.4 Å². The first-order valence-electron chi connectivity index (χ1n) is 9.67. The molecule has 3 aromatic rings. The predicted molar refractivity (Wildman–Crippen MR) is 111 cm³/mol. The van der Waals surface area contributed by atoms with Crippen molar-refractivity contribution in [2.45, 2.75) is 38.3 Å². The van der Waals surface area contributed by atoms with Gasteiger partial charge in [0.1, 0.15) is 6.54 Å². The van der Waals surface area contributed by atoms with E-state index < -0.39 is 0 Å². The Hall–Kier alpha value is -2.73. The molecule has 144 valence electrons. The van der Waals surface area contributed by atoms with Crippen LogP contribution in [0.25, 0.3) is 11.3 Å². The molecule has 0 spiro atoms. The third-order valence-electron chi connectivity index (χ3n) is 5.27. The zero-order valence-corrected chi connectivity index (χ0v) is 16.4. The molecule has 1 N–H and O–H groups in total. The number of hydrogen-bond acceptors (Lipinski definition) is 4. The van der Waals surface area contributed by atoms with E-state index in [1.165, 1.54) is 28.5 Å². The lowest BCUT2D eigenvalue weighted by Crippen LogP contribution is -2.37. The summed E-state index contributed by atoms with van der Waals surface area (Å²) in [5, 5.41) is 9.60. The Balaban J connectivity index is 1.52. The highest BCUT2D eigenvalue weighted by molar-refractivity contribution is 7.10. The van der Waals surface area contributed by atoms with E-state index in [9.17, 15) is 9.59 Å². The molecule has 0 aliphatic heterocycles. The molecule has 1 amide bonds. The largest absolute Gasteiger partial charge is 0.347 e. The lowest BCUT2D eigenvalue weighted by Gasteiger charge is -2.24. The van der Waals surface area contributed by atoms with Crippen LogP contribution in [0.2, 0.25) is 0 Å². The molecule has 2 aromatic heterocycles. The van der Waals surface area contributed by atoms with Gasteiger partial charge in [-0.25, -0.2) is 4.68 Å². The molecule has 1 unspecified atom stereocenters. The maximum absolute atomic E-state index is 12.8. The monoisotopic (exact) mass is 393 g/mol. The van der Waals surface area contributed by atoms with Crippen molar-refractivity contribution in [3.8, 4) is 11.3 Å². The van der Waals surface area contributed by atoms with Crippen LogP contribution in [0.15, 0.2) is 64.8 Å². The van der Waals surface area contributed by atoms with Gasteiger partial charge < -0.3 is 5.32 Å². The highest BCUT2D eigenvalue weighted by atomic mass is 32.1. The number of nitrogens with one attached hydrogen (secondary N) is 1. The SMILES string of the molecule is O=C(Cn1nc(-c2ccccc2)ccc1=O)NC(c1cccs1)C1CCCC1. The van der Waals surface area contributed by atoms with Crippen LogP contribution in [0.5, 0.6) is 0 Å². The number of carbonyl (C=O) groups excluding carboxylic acids is 1. The van der Waals surface area contributed by atoms with Crippen LogP contribution in [-0.2, 0) is 11.3 Å². The summed E-state index contributed by atoms with van der Waals surface area (Å²) in [6, 6.07) is 16.9. The Bertz CT molecular complexity index is 977. The Labute approximate surface area is 168 Å². The number of thiophene rings is 1. The second kappa shape index (κ2) is 8.52. The van der Waals surface area contributed by atoms with E-state index in [1.807, 2.05) is 41.8 Å². The fourth-order valence-electron chi connectivity index (χ4n) is 3.86. The lowest BCUT2D eigenvalue weighted by molar-refractivity contribution is -0.123. The molecule has 28 heavy (non-hydrogen) atoms. The number of benzene rings is 1. The summed E-state index contributed by atoms with van der Waals surface area (Å²) in [5.74, 6) is 0.285. The maximum Gasteiger partial charge on any atom is 0.267 e. The molecule has 1 saturated carbocycles. The fraction of sp³-hybridized carbons (Fsp3) is 0.318. The van der Waals surface area contributed by atoms with E-state index in [0.29, 0.717) is 11.6 Å². The summed E-state index contributed by atoms with van der Waals surface area (Å²) >= 11 is 1.67. The van der Waals surface area contributed by atoms with E-state index in [1.54, 1.807) is 17.4 Å². The van der Waals surface area contributed by atoms with Crippen LogP contribution in [-0.4, -0.2) is 15.7 Å². The van der Waals surface area contributed by atoms with Crippen LogP contribution in [0, 0.1) is 5.92 Å². The van der Waals surface area contributed by atoms with Gasteiger partial charge >= 0.3 is 0 Å². The third-order valence-corrected chi connectivity index (χ3v) is 6.22. The van der Waals surface area contributed by atoms with Crippen molar-refractivity contribution in [2.24, 2.45) is 5.92 Å². The second-order valence-corrected chi connectivity index (χ2v) is 8.16. The van der Waals surface area contributed by atoms with Crippen LogP contribution in [0.1, 0.15) is 36.6 Å². The zero-order valence-electron chi connectivity index (χ0n) is 15.6. The highest BCUT2D eigenvalue weighted by Crippen LogP contribution is 2.37. The quantitative estimate of drug-likeness (QED) is 0.688. The Morgan fingerprint density at radius 2 is 1.89 bits per heavy atom. The van der Waals surface area contributed by atoms with Gasteiger partial charge in [-0.15, -0.1) is 11.3 Å². The van der Waals surface area contributed by atoms with Crippen LogP contribution in [0.3, 0.4) is 0 Å².